The van der Waals surface area contributed by atoms with Gasteiger partial charge in [0.15, 0.2) is 0 Å². The Morgan fingerprint density at radius 1 is 1.55 bits per heavy atom. The van der Waals surface area contributed by atoms with Crippen LogP contribution in [0.2, 0.25) is 0 Å². The van der Waals surface area contributed by atoms with Gasteiger partial charge in [-0.15, -0.1) is 11.6 Å². The van der Waals surface area contributed by atoms with E-state index >= 15 is 0 Å². The molecule has 0 aromatic heterocycles. The number of nitriles is 1. The second-order valence-corrected chi connectivity index (χ2v) is 4.22. The van der Waals surface area contributed by atoms with Gasteiger partial charge < -0.3 is 15.4 Å². The number of carbonyl (C=O) groups excluding carboxylic acids is 1. The molecule has 0 atom stereocenters. The number of alkyl halides is 1. The van der Waals surface area contributed by atoms with Gasteiger partial charge in [0.25, 0.3) is 5.91 Å². The zero-order valence-electron chi connectivity index (χ0n) is 11.1. The molecule has 0 fully saturated rings. The molecule has 0 heterocycles. The smallest absolute Gasteiger partial charge is 0.263 e. The molecule has 1 rings (SSSR count). The van der Waals surface area contributed by atoms with E-state index in [4.69, 9.17) is 21.6 Å². The van der Waals surface area contributed by atoms with E-state index in [-0.39, 0.29) is 5.57 Å². The van der Waals surface area contributed by atoms with Crippen LogP contribution in [0, 0.1) is 11.3 Å². The maximum atomic E-state index is 11.7. The van der Waals surface area contributed by atoms with Crippen molar-refractivity contribution >= 4 is 23.2 Å². The number of hydrogen-bond acceptors (Lipinski definition) is 4. The Hall–Kier alpha value is -2.19. The van der Waals surface area contributed by atoms with Crippen molar-refractivity contribution in [1.29, 1.82) is 5.26 Å². The Morgan fingerprint density at radius 2 is 2.35 bits per heavy atom. The molecule has 6 heteroatoms. The van der Waals surface area contributed by atoms with Gasteiger partial charge in [0, 0.05) is 30.4 Å². The van der Waals surface area contributed by atoms with Crippen LogP contribution in [0.3, 0.4) is 0 Å². The van der Waals surface area contributed by atoms with Crippen molar-refractivity contribution in [2.45, 2.75) is 6.42 Å². The van der Waals surface area contributed by atoms with Gasteiger partial charge >= 0.3 is 0 Å². The molecule has 5 nitrogen and oxygen atoms in total. The molecular formula is C14H16ClN3O2. The third-order valence-corrected chi connectivity index (χ3v) is 2.68. The van der Waals surface area contributed by atoms with Gasteiger partial charge in [0.05, 0.1) is 7.11 Å². The van der Waals surface area contributed by atoms with Crippen molar-refractivity contribution in [3.05, 3.63) is 36.0 Å². The predicted molar refractivity (Wildman–Crippen MR) is 78.7 cm³/mol. The van der Waals surface area contributed by atoms with Crippen LogP contribution < -0.4 is 15.4 Å². The van der Waals surface area contributed by atoms with Crippen LogP contribution in [-0.2, 0) is 4.79 Å². The molecule has 2 N–H and O–H groups in total. The minimum Gasteiger partial charge on any atom is -0.497 e. The fourth-order valence-corrected chi connectivity index (χ4v) is 1.51. The molecule has 20 heavy (non-hydrogen) atoms. The highest BCUT2D eigenvalue weighted by Crippen LogP contribution is 2.16. The summed E-state index contributed by atoms with van der Waals surface area (Å²) < 4.78 is 5.08. The Morgan fingerprint density at radius 3 is 3.00 bits per heavy atom. The van der Waals surface area contributed by atoms with Crippen molar-refractivity contribution in [3.63, 3.8) is 0 Å². The number of amides is 1. The van der Waals surface area contributed by atoms with Crippen LogP contribution in [-0.4, -0.2) is 25.4 Å². The zero-order chi connectivity index (χ0) is 14.8. The lowest BCUT2D eigenvalue weighted by Crippen LogP contribution is -2.26. The first-order valence-corrected chi connectivity index (χ1v) is 6.59. The maximum Gasteiger partial charge on any atom is 0.263 e. The van der Waals surface area contributed by atoms with Gasteiger partial charge in [0.2, 0.25) is 0 Å². The maximum absolute atomic E-state index is 11.7. The molecule has 0 bridgehead atoms. The minimum atomic E-state index is -0.423. The van der Waals surface area contributed by atoms with Gasteiger partial charge in [-0.2, -0.15) is 5.26 Å². The van der Waals surface area contributed by atoms with Crippen LogP contribution in [0.4, 0.5) is 5.69 Å². The number of anilines is 1. The summed E-state index contributed by atoms with van der Waals surface area (Å²) in [5, 5.41) is 14.5. The number of methoxy groups -OCH3 is 1. The molecule has 1 amide bonds. The lowest BCUT2D eigenvalue weighted by atomic mass is 10.2. The van der Waals surface area contributed by atoms with Crippen molar-refractivity contribution in [3.8, 4) is 11.8 Å². The highest BCUT2D eigenvalue weighted by atomic mass is 35.5. The van der Waals surface area contributed by atoms with Gasteiger partial charge in [0.1, 0.15) is 17.4 Å². The van der Waals surface area contributed by atoms with Crippen molar-refractivity contribution in [2.24, 2.45) is 0 Å². The molecule has 0 saturated carbocycles. The SMILES string of the molecule is COc1cccc(N/C=C(/C#N)C(=O)NCCCCl)c1. The van der Waals surface area contributed by atoms with E-state index in [0.29, 0.717) is 24.6 Å². The number of hydrogen-bond donors (Lipinski definition) is 2. The van der Waals surface area contributed by atoms with Crippen LogP contribution in [0.15, 0.2) is 36.0 Å². The van der Waals surface area contributed by atoms with E-state index in [2.05, 4.69) is 10.6 Å². The summed E-state index contributed by atoms with van der Waals surface area (Å²) in [7, 11) is 1.57. The molecule has 1 aromatic rings. The quantitative estimate of drug-likeness (QED) is 0.350. The van der Waals surface area contributed by atoms with E-state index in [1.807, 2.05) is 12.1 Å². The van der Waals surface area contributed by atoms with Crippen molar-refractivity contribution < 1.29 is 9.53 Å². The van der Waals surface area contributed by atoms with Gasteiger partial charge in [-0.3, -0.25) is 4.79 Å². The van der Waals surface area contributed by atoms with Crippen LogP contribution >= 0.6 is 11.6 Å². The zero-order valence-corrected chi connectivity index (χ0v) is 11.9. The summed E-state index contributed by atoms with van der Waals surface area (Å²) in [5.74, 6) is 0.731. The highest BCUT2D eigenvalue weighted by Gasteiger charge is 2.07. The van der Waals surface area contributed by atoms with E-state index < -0.39 is 5.91 Å². The van der Waals surface area contributed by atoms with Gasteiger partial charge in [-0.25, -0.2) is 0 Å². The Labute approximate surface area is 123 Å². The van der Waals surface area contributed by atoms with E-state index in [1.165, 1.54) is 6.20 Å². The fraction of sp³-hybridized carbons (Fsp3) is 0.286. The van der Waals surface area contributed by atoms with Crippen LogP contribution in [0.25, 0.3) is 0 Å². The summed E-state index contributed by atoms with van der Waals surface area (Å²) in [6.45, 7) is 0.445. The van der Waals surface area contributed by atoms with Gasteiger partial charge in [-0.1, -0.05) is 6.07 Å². The van der Waals surface area contributed by atoms with Crippen molar-refractivity contribution in [2.75, 3.05) is 24.9 Å². The minimum absolute atomic E-state index is 0.00222. The average molecular weight is 294 g/mol. The Balaban J connectivity index is 2.65. The first-order valence-electron chi connectivity index (χ1n) is 6.06. The molecule has 0 unspecified atom stereocenters. The molecule has 0 spiro atoms. The Kier molecular flexibility index (Phi) is 7.01. The number of carbonyl (C=O) groups is 1. The standard InChI is InChI=1S/C14H16ClN3O2/c1-20-13-5-2-4-12(8-13)18-10-11(9-16)14(19)17-7-3-6-15/h2,4-5,8,10,18H,3,6-7H2,1H3,(H,17,19)/b11-10-. The molecule has 106 valence electrons. The molecule has 0 aliphatic rings. The molecule has 0 saturated heterocycles. The average Bonchev–Trinajstić information content (AvgIpc) is 2.48. The summed E-state index contributed by atoms with van der Waals surface area (Å²) in [6.07, 6.45) is 2.03. The van der Waals surface area contributed by atoms with Crippen molar-refractivity contribution in [1.82, 2.24) is 5.32 Å². The lowest BCUT2D eigenvalue weighted by Gasteiger charge is -2.05. The van der Waals surface area contributed by atoms with Crippen LogP contribution in [0.5, 0.6) is 5.75 Å². The second kappa shape index (κ2) is 8.83. The highest BCUT2D eigenvalue weighted by molar-refractivity contribution is 6.17. The number of nitrogens with zero attached hydrogens (tertiary/aromatic N) is 1. The van der Waals surface area contributed by atoms with Crippen LogP contribution in [0.1, 0.15) is 6.42 Å². The topological polar surface area (TPSA) is 74.1 Å². The van der Waals surface area contributed by atoms with E-state index in [1.54, 1.807) is 25.3 Å². The summed E-state index contributed by atoms with van der Waals surface area (Å²) in [6, 6.07) is 9.03. The summed E-state index contributed by atoms with van der Waals surface area (Å²) in [4.78, 5) is 11.7. The Bertz CT molecular complexity index is 523. The molecule has 0 aliphatic carbocycles. The number of rotatable bonds is 7. The molecular weight excluding hydrogens is 278 g/mol. The molecule has 0 aliphatic heterocycles. The second-order valence-electron chi connectivity index (χ2n) is 3.84. The summed E-state index contributed by atoms with van der Waals surface area (Å²) >= 11 is 5.51. The summed E-state index contributed by atoms with van der Waals surface area (Å²) in [5.41, 5.74) is 0.730. The van der Waals surface area contributed by atoms with E-state index in [0.717, 1.165) is 5.69 Å². The van der Waals surface area contributed by atoms with Gasteiger partial charge in [-0.05, 0) is 18.6 Å². The number of benzene rings is 1. The normalized spacial score (nSPS) is 10.6. The third-order valence-electron chi connectivity index (χ3n) is 2.41. The fourth-order valence-electron chi connectivity index (χ4n) is 1.38. The number of nitrogens with one attached hydrogen (secondary N) is 2. The monoisotopic (exact) mass is 293 g/mol. The number of ether oxygens (including phenoxy) is 1. The third kappa shape index (κ3) is 5.21. The first-order chi connectivity index (χ1) is 9.71. The first kappa shape index (κ1) is 15.9. The molecule has 1 aromatic carbocycles. The van der Waals surface area contributed by atoms with E-state index in [9.17, 15) is 4.79 Å². The predicted octanol–water partition coefficient (Wildman–Crippen LogP) is 2.26. The lowest BCUT2D eigenvalue weighted by molar-refractivity contribution is -0.117. The largest absolute Gasteiger partial charge is 0.497 e. The molecule has 0 radical (unpaired) electrons. The number of halogens is 1.